The Kier molecular flexibility index (Phi) is 6.43. The van der Waals surface area contributed by atoms with Crippen molar-refractivity contribution in [1.82, 2.24) is 0 Å². The molecule has 0 spiro atoms. The Morgan fingerprint density at radius 2 is 1.86 bits per heavy atom. The number of methoxy groups -OCH3 is 1. The lowest BCUT2D eigenvalue weighted by Gasteiger charge is -2.43. The molecule has 1 unspecified atom stereocenters. The first-order valence-electron chi connectivity index (χ1n) is 9.00. The molecule has 0 aromatic carbocycles. The molecular formula is C17H23O12-. The van der Waals surface area contributed by atoms with Crippen molar-refractivity contribution in [3.05, 3.63) is 11.8 Å². The third kappa shape index (κ3) is 3.84. The molecule has 0 aromatic rings. The molecule has 12 nitrogen and oxygen atoms in total. The normalized spacial score (nSPS) is 44.4. The Labute approximate surface area is 164 Å². The number of ether oxygens (including phenoxy) is 4. The molecule has 0 aromatic heterocycles. The van der Waals surface area contributed by atoms with E-state index < -0.39 is 79.4 Å². The van der Waals surface area contributed by atoms with E-state index in [9.17, 15) is 40.2 Å². The van der Waals surface area contributed by atoms with Crippen molar-refractivity contribution < 1.29 is 59.2 Å². The SMILES string of the molecule is COC(=O)C1=CO[C@@H](O[C@@H]2O[C@H](CO)[C@@H](O)[C@H](O)[C@H]2O)C2[C@@H]1C[C@H](O)[C@@H]2C(=O)[O-]. The summed E-state index contributed by atoms with van der Waals surface area (Å²) in [5, 5.41) is 60.9. The minimum Gasteiger partial charge on any atom is -0.550 e. The lowest BCUT2D eigenvalue weighted by Crippen LogP contribution is -2.60. The third-order valence-corrected chi connectivity index (χ3v) is 5.64. The zero-order chi connectivity index (χ0) is 21.5. The van der Waals surface area contributed by atoms with Gasteiger partial charge in [0.1, 0.15) is 24.4 Å². The molecule has 2 heterocycles. The van der Waals surface area contributed by atoms with Gasteiger partial charge in [0.25, 0.3) is 0 Å². The quantitative estimate of drug-likeness (QED) is 0.269. The lowest BCUT2D eigenvalue weighted by molar-refractivity contribution is -0.348. The number of rotatable bonds is 5. The summed E-state index contributed by atoms with van der Waals surface area (Å²) in [6.45, 7) is -0.685. The Morgan fingerprint density at radius 3 is 2.45 bits per heavy atom. The van der Waals surface area contributed by atoms with Gasteiger partial charge >= 0.3 is 5.97 Å². The van der Waals surface area contributed by atoms with E-state index in [2.05, 4.69) is 4.74 Å². The minimum atomic E-state index is -1.74. The first kappa shape index (κ1) is 21.9. The molecule has 1 saturated heterocycles. The van der Waals surface area contributed by atoms with Crippen molar-refractivity contribution in [3.63, 3.8) is 0 Å². The van der Waals surface area contributed by atoms with Crippen molar-refractivity contribution in [1.29, 1.82) is 0 Å². The second kappa shape index (κ2) is 8.52. The molecule has 0 bridgehead atoms. The molecule has 0 amide bonds. The fourth-order valence-corrected chi connectivity index (χ4v) is 4.15. The van der Waals surface area contributed by atoms with Crippen molar-refractivity contribution in [3.8, 4) is 0 Å². The molecular weight excluding hydrogens is 396 g/mol. The Morgan fingerprint density at radius 1 is 1.17 bits per heavy atom. The van der Waals surface area contributed by atoms with E-state index in [1.54, 1.807) is 0 Å². The summed E-state index contributed by atoms with van der Waals surface area (Å²) in [5.74, 6) is -5.70. The van der Waals surface area contributed by atoms with Crippen LogP contribution < -0.4 is 5.11 Å². The first-order valence-corrected chi connectivity index (χ1v) is 9.00. The van der Waals surface area contributed by atoms with E-state index >= 15 is 0 Å². The Hall–Kier alpha value is -1.80. The number of hydrogen-bond acceptors (Lipinski definition) is 12. The number of aliphatic hydroxyl groups excluding tert-OH is 5. The maximum Gasteiger partial charge on any atom is 0.337 e. The molecule has 164 valence electrons. The molecule has 1 saturated carbocycles. The van der Waals surface area contributed by atoms with Gasteiger partial charge in [0, 0.05) is 23.7 Å². The van der Waals surface area contributed by atoms with Crippen molar-refractivity contribution in [2.45, 2.75) is 49.5 Å². The van der Waals surface area contributed by atoms with E-state index in [0.29, 0.717) is 0 Å². The summed E-state index contributed by atoms with van der Waals surface area (Å²) in [6.07, 6.45) is -9.74. The summed E-state index contributed by atoms with van der Waals surface area (Å²) in [6, 6.07) is 0. The van der Waals surface area contributed by atoms with Gasteiger partial charge in [-0.1, -0.05) is 0 Å². The highest BCUT2D eigenvalue weighted by Gasteiger charge is 2.55. The van der Waals surface area contributed by atoms with Crippen molar-refractivity contribution in [2.24, 2.45) is 17.8 Å². The molecule has 1 aliphatic carbocycles. The van der Waals surface area contributed by atoms with Crippen LogP contribution in [0.15, 0.2) is 11.8 Å². The highest BCUT2D eigenvalue weighted by atomic mass is 16.8. The number of esters is 1. The molecule has 2 aliphatic heterocycles. The highest BCUT2D eigenvalue weighted by molar-refractivity contribution is 5.89. The fourth-order valence-electron chi connectivity index (χ4n) is 4.15. The zero-order valence-electron chi connectivity index (χ0n) is 15.4. The second-order valence-electron chi connectivity index (χ2n) is 7.23. The van der Waals surface area contributed by atoms with E-state index in [4.69, 9.17) is 14.2 Å². The molecule has 3 aliphatic rings. The largest absolute Gasteiger partial charge is 0.550 e. The van der Waals surface area contributed by atoms with Crippen LogP contribution >= 0.6 is 0 Å². The second-order valence-corrected chi connectivity index (χ2v) is 7.23. The summed E-state index contributed by atoms with van der Waals surface area (Å²) >= 11 is 0. The third-order valence-electron chi connectivity index (χ3n) is 5.64. The highest BCUT2D eigenvalue weighted by Crippen LogP contribution is 2.47. The number of aliphatic hydroxyl groups is 5. The maximum atomic E-state index is 12.0. The van der Waals surface area contributed by atoms with E-state index in [1.807, 2.05) is 0 Å². The Bertz CT molecular complexity index is 663. The van der Waals surface area contributed by atoms with Gasteiger partial charge in [0.05, 0.1) is 31.7 Å². The molecule has 5 N–H and O–H groups in total. The number of aliphatic carboxylic acids is 1. The molecule has 2 fully saturated rings. The number of hydrogen-bond donors (Lipinski definition) is 5. The van der Waals surface area contributed by atoms with E-state index in [0.717, 1.165) is 13.4 Å². The first-order chi connectivity index (χ1) is 13.7. The monoisotopic (exact) mass is 419 g/mol. The van der Waals surface area contributed by atoms with Crippen LogP contribution in [0.25, 0.3) is 0 Å². The van der Waals surface area contributed by atoms with Crippen LogP contribution in [0.5, 0.6) is 0 Å². The summed E-state index contributed by atoms with van der Waals surface area (Å²) in [7, 11) is 1.14. The summed E-state index contributed by atoms with van der Waals surface area (Å²) in [4.78, 5) is 23.6. The van der Waals surface area contributed by atoms with Gasteiger partial charge in [-0.05, 0) is 6.42 Å². The number of carbonyl (C=O) groups is 2. The van der Waals surface area contributed by atoms with Gasteiger partial charge in [-0.15, -0.1) is 0 Å². The zero-order valence-corrected chi connectivity index (χ0v) is 15.4. The van der Waals surface area contributed by atoms with Crippen LogP contribution in [0.2, 0.25) is 0 Å². The maximum absolute atomic E-state index is 12.0. The van der Waals surface area contributed by atoms with Crippen LogP contribution in [0.1, 0.15) is 6.42 Å². The smallest absolute Gasteiger partial charge is 0.337 e. The van der Waals surface area contributed by atoms with Crippen LogP contribution in [-0.2, 0) is 28.5 Å². The molecule has 10 atom stereocenters. The van der Waals surface area contributed by atoms with Gasteiger partial charge in [-0.25, -0.2) is 4.79 Å². The van der Waals surface area contributed by atoms with Crippen molar-refractivity contribution >= 4 is 11.9 Å². The van der Waals surface area contributed by atoms with Gasteiger partial charge in [0.2, 0.25) is 6.29 Å². The predicted molar refractivity (Wildman–Crippen MR) is 85.9 cm³/mol. The molecule has 29 heavy (non-hydrogen) atoms. The van der Waals surface area contributed by atoms with E-state index in [1.165, 1.54) is 0 Å². The topological polar surface area (TPSA) is 195 Å². The van der Waals surface area contributed by atoms with Gasteiger partial charge in [0.15, 0.2) is 6.29 Å². The fraction of sp³-hybridized carbons (Fsp3) is 0.765. The molecule has 0 radical (unpaired) electrons. The average Bonchev–Trinajstić information content (AvgIpc) is 3.05. The van der Waals surface area contributed by atoms with Crippen LogP contribution in [0.3, 0.4) is 0 Å². The van der Waals surface area contributed by atoms with E-state index in [-0.39, 0.29) is 12.0 Å². The van der Waals surface area contributed by atoms with Crippen LogP contribution in [0.4, 0.5) is 0 Å². The Balaban J connectivity index is 1.87. The predicted octanol–water partition coefficient (Wildman–Crippen LogP) is -4.42. The van der Waals surface area contributed by atoms with Crippen LogP contribution in [0, 0.1) is 17.8 Å². The van der Waals surface area contributed by atoms with Gasteiger partial charge in [-0.2, -0.15) is 0 Å². The number of fused-ring (bicyclic) bond motifs is 1. The average molecular weight is 419 g/mol. The minimum absolute atomic E-state index is 0.00829. The lowest BCUT2D eigenvalue weighted by atomic mass is 9.82. The number of carbonyl (C=O) groups excluding carboxylic acids is 2. The van der Waals surface area contributed by atoms with Crippen molar-refractivity contribution in [2.75, 3.05) is 13.7 Å². The summed E-state index contributed by atoms with van der Waals surface area (Å²) in [5.41, 5.74) is 0.00829. The molecule has 3 rings (SSSR count). The van der Waals surface area contributed by atoms with Gasteiger partial charge in [-0.3, -0.25) is 0 Å². The van der Waals surface area contributed by atoms with Gasteiger partial charge < -0.3 is 54.4 Å². The summed E-state index contributed by atoms with van der Waals surface area (Å²) < 4.78 is 20.8. The standard InChI is InChI=1S/C17H24O12/c1-26-15(25)6-4-27-16(9-5(6)2-7(19)10(9)14(23)24)29-17-13(22)12(21)11(20)8(3-18)28-17/h4-5,7-13,16-22H,2-3H2,1H3,(H,23,24)/p-1/t5-,7+,8-,9?,10+,11-,12+,13-,16+,17+/m1/s1. The van der Waals surface area contributed by atoms with Crippen LogP contribution in [-0.4, -0.2) is 94.3 Å². The number of carboxylic acid groups (broad SMARTS) is 1. The molecule has 12 heteroatoms. The number of carboxylic acids is 1.